The quantitative estimate of drug-likeness (QED) is 0.842. The van der Waals surface area contributed by atoms with E-state index in [2.05, 4.69) is 5.32 Å². The van der Waals surface area contributed by atoms with Crippen LogP contribution in [0.15, 0.2) is 18.2 Å². The van der Waals surface area contributed by atoms with Crippen molar-refractivity contribution < 1.29 is 5.11 Å². The van der Waals surface area contributed by atoms with E-state index in [1.165, 1.54) is 25.7 Å². The molecule has 0 heterocycles. The summed E-state index contributed by atoms with van der Waals surface area (Å²) < 4.78 is 0. The first kappa shape index (κ1) is 11.4. The fraction of sp³-hybridized carbons (Fsp3) is 0.571. The fourth-order valence-electron chi connectivity index (χ4n) is 2.74. The molecule has 92 valence electrons. The van der Waals surface area contributed by atoms with E-state index in [9.17, 15) is 5.11 Å². The van der Waals surface area contributed by atoms with Crippen molar-refractivity contribution in [3.05, 3.63) is 28.8 Å². The van der Waals surface area contributed by atoms with Crippen molar-refractivity contribution in [3.63, 3.8) is 0 Å². The van der Waals surface area contributed by atoms with Crippen LogP contribution in [-0.4, -0.2) is 11.7 Å². The van der Waals surface area contributed by atoms with Crippen molar-refractivity contribution in [3.8, 4) is 5.75 Å². The van der Waals surface area contributed by atoms with Crippen molar-refractivity contribution in [2.24, 2.45) is 11.3 Å². The first-order valence-corrected chi connectivity index (χ1v) is 6.76. The lowest BCUT2D eigenvalue weighted by atomic mass is 10.0. The van der Waals surface area contributed by atoms with Crippen LogP contribution in [0.3, 0.4) is 0 Å². The molecule has 2 N–H and O–H groups in total. The molecule has 0 amide bonds. The zero-order chi connectivity index (χ0) is 11.9. The van der Waals surface area contributed by atoms with Gasteiger partial charge in [0.05, 0.1) is 0 Å². The van der Waals surface area contributed by atoms with Crippen LogP contribution in [0.2, 0.25) is 5.02 Å². The highest BCUT2D eigenvalue weighted by atomic mass is 35.5. The summed E-state index contributed by atoms with van der Waals surface area (Å²) in [6, 6.07) is 5.29. The van der Waals surface area contributed by atoms with Gasteiger partial charge in [0.1, 0.15) is 5.75 Å². The Morgan fingerprint density at radius 3 is 2.71 bits per heavy atom. The van der Waals surface area contributed by atoms with Crippen LogP contribution in [-0.2, 0) is 6.54 Å². The number of phenolic OH excluding ortho intramolecular Hbond substituents is 1. The van der Waals surface area contributed by atoms with Gasteiger partial charge in [0.2, 0.25) is 0 Å². The number of halogens is 1. The Morgan fingerprint density at radius 2 is 2.12 bits per heavy atom. The molecular weight excluding hydrogens is 234 g/mol. The molecule has 0 spiro atoms. The minimum Gasteiger partial charge on any atom is -0.508 e. The lowest BCUT2D eigenvalue weighted by molar-refractivity contribution is 0.399. The molecule has 0 aliphatic heterocycles. The Kier molecular flexibility index (Phi) is 2.80. The summed E-state index contributed by atoms with van der Waals surface area (Å²) in [5.41, 5.74) is 1.41. The predicted octanol–water partition coefficient (Wildman–Crippen LogP) is 3.33. The second-order valence-corrected chi connectivity index (χ2v) is 5.88. The lowest BCUT2D eigenvalue weighted by Crippen LogP contribution is -2.25. The van der Waals surface area contributed by atoms with Crippen molar-refractivity contribution in [2.45, 2.75) is 32.2 Å². The van der Waals surface area contributed by atoms with Gasteiger partial charge >= 0.3 is 0 Å². The summed E-state index contributed by atoms with van der Waals surface area (Å²) >= 11 is 6.07. The Balaban J connectivity index is 1.57. The Hall–Kier alpha value is -0.730. The van der Waals surface area contributed by atoms with Crippen molar-refractivity contribution in [2.75, 3.05) is 6.54 Å². The molecule has 0 aromatic heterocycles. The molecule has 0 radical (unpaired) electrons. The largest absolute Gasteiger partial charge is 0.508 e. The molecule has 1 aromatic rings. The highest BCUT2D eigenvalue weighted by Crippen LogP contribution is 2.60. The monoisotopic (exact) mass is 251 g/mol. The van der Waals surface area contributed by atoms with E-state index in [0.717, 1.165) is 18.0 Å². The van der Waals surface area contributed by atoms with Gasteiger partial charge in [-0.3, -0.25) is 0 Å². The summed E-state index contributed by atoms with van der Waals surface area (Å²) in [5, 5.41) is 13.8. The second-order valence-electron chi connectivity index (χ2n) is 5.48. The van der Waals surface area contributed by atoms with Crippen molar-refractivity contribution in [1.82, 2.24) is 5.32 Å². The van der Waals surface area contributed by atoms with Gasteiger partial charge in [-0.1, -0.05) is 17.7 Å². The zero-order valence-corrected chi connectivity index (χ0v) is 10.6. The van der Waals surface area contributed by atoms with Crippen LogP contribution < -0.4 is 5.32 Å². The molecule has 1 aromatic carbocycles. The third-order valence-corrected chi connectivity index (χ3v) is 4.56. The van der Waals surface area contributed by atoms with Crippen LogP contribution in [0.4, 0.5) is 0 Å². The summed E-state index contributed by atoms with van der Waals surface area (Å²) in [6.45, 7) is 1.74. The molecule has 2 fully saturated rings. The Labute approximate surface area is 107 Å². The normalized spacial score (nSPS) is 21.5. The van der Waals surface area contributed by atoms with Gasteiger partial charge < -0.3 is 10.4 Å². The molecular formula is C14H18ClNO. The van der Waals surface area contributed by atoms with E-state index in [1.807, 2.05) is 6.07 Å². The fourth-order valence-corrected chi connectivity index (χ4v) is 2.98. The molecule has 2 aliphatic rings. The number of phenols is 1. The molecule has 3 heteroatoms. The topological polar surface area (TPSA) is 32.3 Å². The first-order chi connectivity index (χ1) is 8.21. The number of rotatable bonds is 5. The summed E-state index contributed by atoms with van der Waals surface area (Å²) in [7, 11) is 0. The van der Waals surface area contributed by atoms with Gasteiger partial charge in [-0.25, -0.2) is 0 Å². The summed E-state index contributed by atoms with van der Waals surface area (Å²) in [6.07, 6.45) is 5.58. The van der Waals surface area contributed by atoms with Gasteiger partial charge in [0, 0.05) is 23.7 Å². The van der Waals surface area contributed by atoms with Gasteiger partial charge in [-0.15, -0.1) is 0 Å². The maximum absolute atomic E-state index is 9.73. The third-order valence-electron chi connectivity index (χ3n) is 4.21. The molecule has 2 nitrogen and oxygen atoms in total. The molecule has 2 aliphatic carbocycles. The standard InChI is InChI=1S/C14H18ClNO/c15-12-2-1-3-13(17)11(12)8-16-9-14(6-7-14)10-4-5-10/h1-3,10,16-17H,4-9H2. The summed E-state index contributed by atoms with van der Waals surface area (Å²) in [5.74, 6) is 1.26. The SMILES string of the molecule is Oc1cccc(Cl)c1CNCC1(C2CC2)CC1. The van der Waals surface area contributed by atoms with Crippen LogP contribution in [0.25, 0.3) is 0 Å². The van der Waals surface area contributed by atoms with E-state index in [-0.39, 0.29) is 0 Å². The van der Waals surface area contributed by atoms with Gasteiger partial charge in [0.15, 0.2) is 0 Å². The summed E-state index contributed by atoms with van der Waals surface area (Å²) in [4.78, 5) is 0. The van der Waals surface area contributed by atoms with Crippen LogP contribution >= 0.6 is 11.6 Å². The molecule has 2 saturated carbocycles. The van der Waals surface area contributed by atoms with Gasteiger partial charge in [-0.05, 0) is 49.1 Å². The Morgan fingerprint density at radius 1 is 1.35 bits per heavy atom. The maximum Gasteiger partial charge on any atom is 0.121 e. The van der Waals surface area contributed by atoms with Gasteiger partial charge in [-0.2, -0.15) is 0 Å². The van der Waals surface area contributed by atoms with E-state index in [1.54, 1.807) is 12.1 Å². The van der Waals surface area contributed by atoms with E-state index >= 15 is 0 Å². The predicted molar refractivity (Wildman–Crippen MR) is 69.2 cm³/mol. The van der Waals surface area contributed by atoms with Crippen molar-refractivity contribution >= 4 is 11.6 Å². The second kappa shape index (κ2) is 4.18. The number of aromatic hydroxyl groups is 1. The molecule has 0 atom stereocenters. The number of hydrogen-bond donors (Lipinski definition) is 2. The maximum atomic E-state index is 9.73. The highest BCUT2D eigenvalue weighted by molar-refractivity contribution is 6.31. The minimum atomic E-state index is 0.293. The molecule has 0 unspecified atom stereocenters. The lowest BCUT2D eigenvalue weighted by Gasteiger charge is -2.15. The van der Waals surface area contributed by atoms with E-state index < -0.39 is 0 Å². The smallest absolute Gasteiger partial charge is 0.121 e. The molecule has 17 heavy (non-hydrogen) atoms. The molecule has 0 bridgehead atoms. The number of nitrogens with one attached hydrogen (secondary N) is 1. The number of benzene rings is 1. The zero-order valence-electron chi connectivity index (χ0n) is 9.88. The average molecular weight is 252 g/mol. The molecule has 0 saturated heterocycles. The minimum absolute atomic E-state index is 0.293. The number of hydrogen-bond acceptors (Lipinski definition) is 2. The van der Waals surface area contributed by atoms with Crippen molar-refractivity contribution in [1.29, 1.82) is 0 Å². The van der Waals surface area contributed by atoms with E-state index in [0.29, 0.717) is 22.7 Å². The van der Waals surface area contributed by atoms with Gasteiger partial charge in [0.25, 0.3) is 0 Å². The van der Waals surface area contributed by atoms with Crippen LogP contribution in [0.1, 0.15) is 31.2 Å². The average Bonchev–Trinajstić information content (AvgIpc) is 3.14. The highest BCUT2D eigenvalue weighted by Gasteiger charge is 2.53. The third kappa shape index (κ3) is 2.29. The van der Waals surface area contributed by atoms with E-state index in [4.69, 9.17) is 11.6 Å². The Bertz CT molecular complexity index is 404. The molecule has 3 rings (SSSR count). The first-order valence-electron chi connectivity index (χ1n) is 6.38. The van der Waals surface area contributed by atoms with Crippen LogP contribution in [0.5, 0.6) is 5.75 Å². The van der Waals surface area contributed by atoms with Crippen LogP contribution in [0, 0.1) is 11.3 Å².